The first-order chi connectivity index (χ1) is 8.50. The van der Waals surface area contributed by atoms with Gasteiger partial charge in [-0.15, -0.1) is 0 Å². The Labute approximate surface area is 115 Å². The molecule has 0 aliphatic carbocycles. The number of hydrogen-bond donors (Lipinski definition) is 1. The third kappa shape index (κ3) is 4.87. The summed E-state index contributed by atoms with van der Waals surface area (Å²) < 4.78 is 1.02. The highest BCUT2D eigenvalue weighted by atomic mass is 79.9. The zero-order valence-corrected chi connectivity index (χ0v) is 11.8. The summed E-state index contributed by atoms with van der Waals surface area (Å²) in [5.74, 6) is -1.08. The molecule has 1 aromatic carbocycles. The molecule has 0 aromatic heterocycles. The minimum absolute atomic E-state index is 0.0573. The van der Waals surface area contributed by atoms with Crippen LogP contribution < -0.4 is 0 Å². The minimum Gasteiger partial charge on any atom is -0.481 e. The van der Waals surface area contributed by atoms with E-state index < -0.39 is 5.97 Å². The predicted octanol–water partition coefficient (Wildman–Crippen LogP) is 2.31. The van der Waals surface area contributed by atoms with E-state index in [-0.39, 0.29) is 18.7 Å². The lowest BCUT2D eigenvalue weighted by atomic mass is 10.1. The van der Waals surface area contributed by atoms with Crippen molar-refractivity contribution in [1.82, 2.24) is 4.90 Å². The summed E-state index contributed by atoms with van der Waals surface area (Å²) in [6, 6.07) is 7.85. The molecule has 0 heterocycles. The molecule has 0 saturated carbocycles. The number of benzene rings is 1. The number of carboxylic acid groups (broad SMARTS) is 1. The molecule has 18 heavy (non-hydrogen) atoms. The number of carbonyl (C=O) groups excluding carboxylic acids is 1. The van der Waals surface area contributed by atoms with Crippen LogP contribution >= 0.6 is 15.9 Å². The van der Waals surface area contributed by atoms with Gasteiger partial charge in [-0.25, -0.2) is 0 Å². The van der Waals surface area contributed by atoms with Crippen LogP contribution in [0.5, 0.6) is 0 Å². The van der Waals surface area contributed by atoms with Crippen molar-refractivity contribution in [2.24, 2.45) is 0 Å². The molecule has 0 bridgehead atoms. The molecule has 1 N–H and O–H groups in total. The van der Waals surface area contributed by atoms with E-state index in [2.05, 4.69) is 15.9 Å². The number of carboxylic acids is 1. The lowest BCUT2D eigenvalue weighted by Gasteiger charge is -2.17. The van der Waals surface area contributed by atoms with E-state index in [9.17, 15) is 9.59 Å². The summed E-state index contributed by atoms with van der Waals surface area (Å²) in [5.41, 5.74) is 1.13. The molecule has 4 nitrogen and oxygen atoms in total. The van der Waals surface area contributed by atoms with Crippen molar-refractivity contribution in [3.63, 3.8) is 0 Å². The number of halogens is 1. The fraction of sp³-hybridized carbons (Fsp3) is 0.385. The van der Waals surface area contributed by atoms with Crippen LogP contribution in [0.15, 0.2) is 28.7 Å². The molecule has 0 atom stereocenters. The van der Waals surface area contributed by atoms with E-state index in [4.69, 9.17) is 5.11 Å². The quantitative estimate of drug-likeness (QED) is 0.876. The molecule has 0 aliphatic heterocycles. The van der Waals surface area contributed by atoms with E-state index in [0.717, 1.165) is 16.5 Å². The SMILES string of the molecule is CN(CCc1ccccc1Br)C(=O)CCC(=O)O. The van der Waals surface area contributed by atoms with E-state index in [1.54, 1.807) is 11.9 Å². The summed E-state index contributed by atoms with van der Waals surface area (Å²) >= 11 is 3.45. The molecule has 0 fully saturated rings. The van der Waals surface area contributed by atoms with Crippen LogP contribution in [0.3, 0.4) is 0 Å². The van der Waals surface area contributed by atoms with Gasteiger partial charge in [-0.05, 0) is 18.1 Å². The van der Waals surface area contributed by atoms with Gasteiger partial charge >= 0.3 is 5.97 Å². The Morgan fingerprint density at radius 2 is 1.94 bits per heavy atom. The van der Waals surface area contributed by atoms with Gasteiger partial charge in [0.05, 0.1) is 6.42 Å². The Morgan fingerprint density at radius 1 is 1.28 bits per heavy atom. The highest BCUT2D eigenvalue weighted by Crippen LogP contribution is 2.16. The van der Waals surface area contributed by atoms with Crippen molar-refractivity contribution >= 4 is 27.8 Å². The van der Waals surface area contributed by atoms with Gasteiger partial charge in [0.1, 0.15) is 0 Å². The monoisotopic (exact) mass is 313 g/mol. The van der Waals surface area contributed by atoms with Crippen molar-refractivity contribution in [3.8, 4) is 0 Å². The molecule has 0 spiro atoms. The Bertz CT molecular complexity index is 434. The molecule has 1 rings (SSSR count). The maximum absolute atomic E-state index is 11.6. The first-order valence-electron chi connectivity index (χ1n) is 5.70. The van der Waals surface area contributed by atoms with Crippen LogP contribution in [0, 0.1) is 0 Å². The summed E-state index contributed by atoms with van der Waals surface area (Å²) in [7, 11) is 1.70. The van der Waals surface area contributed by atoms with Gasteiger partial charge in [-0.3, -0.25) is 9.59 Å². The summed E-state index contributed by atoms with van der Waals surface area (Å²) in [4.78, 5) is 23.5. The van der Waals surface area contributed by atoms with Gasteiger partial charge in [0.2, 0.25) is 5.91 Å². The molecule has 98 valence electrons. The third-order valence-electron chi connectivity index (χ3n) is 2.65. The van der Waals surface area contributed by atoms with Crippen molar-refractivity contribution < 1.29 is 14.7 Å². The highest BCUT2D eigenvalue weighted by Gasteiger charge is 2.11. The van der Waals surface area contributed by atoms with Gasteiger partial charge in [0, 0.05) is 24.5 Å². The van der Waals surface area contributed by atoms with Gasteiger partial charge in [0.15, 0.2) is 0 Å². The molecule has 0 unspecified atom stereocenters. The van der Waals surface area contributed by atoms with Gasteiger partial charge in [-0.1, -0.05) is 34.1 Å². The average molecular weight is 314 g/mol. The van der Waals surface area contributed by atoms with Gasteiger partial charge < -0.3 is 10.0 Å². The second kappa shape index (κ2) is 7.16. The van der Waals surface area contributed by atoms with Crippen LogP contribution in [0.1, 0.15) is 18.4 Å². The standard InChI is InChI=1S/C13H16BrNO3/c1-15(12(16)6-7-13(17)18)9-8-10-4-2-3-5-11(10)14/h2-5H,6-9H2,1H3,(H,17,18). The second-order valence-corrected chi connectivity index (χ2v) is 4.90. The summed E-state index contributed by atoms with van der Waals surface area (Å²) in [6.07, 6.45) is 0.691. The fourth-order valence-electron chi connectivity index (χ4n) is 1.52. The molecule has 0 saturated heterocycles. The largest absolute Gasteiger partial charge is 0.481 e. The number of rotatable bonds is 6. The number of aliphatic carboxylic acids is 1. The van der Waals surface area contributed by atoms with Gasteiger partial charge in [0.25, 0.3) is 0 Å². The second-order valence-electron chi connectivity index (χ2n) is 4.05. The predicted molar refractivity (Wildman–Crippen MR) is 72.4 cm³/mol. The number of nitrogens with zero attached hydrogens (tertiary/aromatic N) is 1. The first kappa shape index (κ1) is 14.7. The number of likely N-dealkylation sites (N-methyl/N-ethyl adjacent to an activating group) is 1. The van der Waals surface area contributed by atoms with Crippen LogP contribution in [0.2, 0.25) is 0 Å². The number of amides is 1. The molecule has 1 amide bonds. The third-order valence-corrected chi connectivity index (χ3v) is 3.43. The molecule has 0 radical (unpaired) electrons. The van der Waals surface area contributed by atoms with Gasteiger partial charge in [-0.2, -0.15) is 0 Å². The Hall–Kier alpha value is -1.36. The zero-order chi connectivity index (χ0) is 13.5. The maximum atomic E-state index is 11.6. The van der Waals surface area contributed by atoms with E-state index in [0.29, 0.717) is 6.54 Å². The normalized spacial score (nSPS) is 10.1. The minimum atomic E-state index is -0.942. The van der Waals surface area contributed by atoms with E-state index in [1.165, 1.54) is 0 Å². The van der Waals surface area contributed by atoms with Crippen LogP contribution in [-0.2, 0) is 16.0 Å². The summed E-state index contributed by atoms with van der Waals surface area (Å²) in [6.45, 7) is 0.584. The fourth-order valence-corrected chi connectivity index (χ4v) is 2.00. The molecular formula is C13H16BrNO3. The topological polar surface area (TPSA) is 57.6 Å². The van der Waals surface area contributed by atoms with Crippen LogP contribution in [-0.4, -0.2) is 35.5 Å². The first-order valence-corrected chi connectivity index (χ1v) is 6.49. The lowest BCUT2D eigenvalue weighted by Crippen LogP contribution is -2.29. The zero-order valence-electron chi connectivity index (χ0n) is 10.2. The summed E-state index contributed by atoms with van der Waals surface area (Å²) in [5, 5.41) is 8.51. The Balaban J connectivity index is 2.41. The maximum Gasteiger partial charge on any atom is 0.303 e. The number of hydrogen-bond acceptors (Lipinski definition) is 2. The lowest BCUT2D eigenvalue weighted by molar-refractivity contribution is -0.140. The average Bonchev–Trinajstić information content (AvgIpc) is 2.34. The Morgan fingerprint density at radius 3 is 2.56 bits per heavy atom. The molecular weight excluding hydrogens is 298 g/mol. The van der Waals surface area contributed by atoms with Crippen LogP contribution in [0.4, 0.5) is 0 Å². The molecule has 0 aliphatic rings. The van der Waals surface area contributed by atoms with Crippen molar-refractivity contribution in [2.75, 3.05) is 13.6 Å². The van der Waals surface area contributed by atoms with E-state index >= 15 is 0 Å². The molecule has 5 heteroatoms. The molecule has 1 aromatic rings. The van der Waals surface area contributed by atoms with Crippen molar-refractivity contribution in [1.29, 1.82) is 0 Å². The smallest absolute Gasteiger partial charge is 0.303 e. The Kier molecular flexibility index (Phi) is 5.85. The van der Waals surface area contributed by atoms with Crippen LogP contribution in [0.25, 0.3) is 0 Å². The highest BCUT2D eigenvalue weighted by molar-refractivity contribution is 9.10. The van der Waals surface area contributed by atoms with Crippen molar-refractivity contribution in [3.05, 3.63) is 34.3 Å². The van der Waals surface area contributed by atoms with E-state index in [1.807, 2.05) is 24.3 Å². The number of carbonyl (C=O) groups is 2. The van der Waals surface area contributed by atoms with Crippen molar-refractivity contribution in [2.45, 2.75) is 19.3 Å².